The molecule has 0 fully saturated rings. The fourth-order valence-corrected chi connectivity index (χ4v) is 15.0. The first-order chi connectivity index (χ1) is 21.0. The summed E-state index contributed by atoms with van der Waals surface area (Å²) in [5.74, 6) is -1.02. The van der Waals surface area contributed by atoms with Crippen LogP contribution in [-0.2, 0) is 32.7 Å². The van der Waals surface area contributed by atoms with Gasteiger partial charge in [0.05, 0.1) is 48.7 Å². The lowest BCUT2D eigenvalue weighted by molar-refractivity contribution is -0.159. The van der Waals surface area contributed by atoms with E-state index in [4.69, 9.17) is 76.7 Å². The highest BCUT2D eigenvalue weighted by molar-refractivity contribution is 8.92. The van der Waals surface area contributed by atoms with Gasteiger partial charge in [0.25, 0.3) is 0 Å². The van der Waals surface area contributed by atoms with Gasteiger partial charge in [0.1, 0.15) is 12.0 Å². The second-order valence-electron chi connectivity index (χ2n) is 9.42. The normalized spacial score (nSPS) is 12.8. The van der Waals surface area contributed by atoms with Crippen molar-refractivity contribution in [1.29, 1.82) is 0 Å². The molecule has 10 nitrogen and oxygen atoms in total. The largest absolute Gasteiger partial charge is 0.475 e. The van der Waals surface area contributed by atoms with Gasteiger partial charge in [-0.3, -0.25) is 4.18 Å². The number of ether oxygens (including phenoxy) is 5. The smallest absolute Gasteiger partial charge is 0.332 e. The van der Waals surface area contributed by atoms with Gasteiger partial charge in [-0.1, -0.05) is 0 Å². The molecule has 1 atom stereocenters. The monoisotopic (exact) mass is 858 g/mol. The Kier molecular flexibility index (Phi) is 25.7. The molecule has 0 heterocycles. The maximum Gasteiger partial charge on any atom is 0.332 e. The summed E-state index contributed by atoms with van der Waals surface area (Å²) in [5, 5.41) is 31.8. The highest BCUT2D eigenvalue weighted by atomic mass is 33.1. The molecule has 0 saturated carbocycles. The molecule has 262 valence electrons. The average molecular weight is 859 g/mol. The Hall–Kier alpha value is 1.67. The van der Waals surface area contributed by atoms with Crippen LogP contribution in [-0.4, -0.2) is 92.8 Å². The molecule has 0 aromatic carbocycles. The van der Waals surface area contributed by atoms with E-state index in [2.05, 4.69) is 0 Å². The number of carbonyl (C=O) groups excluding carboxylic acids is 1. The minimum atomic E-state index is -1.85. The molecule has 0 aromatic rings. The van der Waals surface area contributed by atoms with E-state index in [0.29, 0.717) is 0 Å². The molecular weight excluding hydrogens is 821 g/mol. The fraction of sp³-hybridized carbons (Fsp3) is 0.783. The van der Waals surface area contributed by atoms with E-state index in [0.717, 1.165) is 86.6 Å². The van der Waals surface area contributed by atoms with Crippen molar-refractivity contribution >= 4 is 159 Å². The van der Waals surface area contributed by atoms with Gasteiger partial charge in [-0.2, -0.15) is 0 Å². The van der Waals surface area contributed by atoms with Crippen molar-refractivity contribution in [3.63, 3.8) is 0 Å². The van der Waals surface area contributed by atoms with Crippen molar-refractivity contribution in [3.8, 4) is 0 Å². The molecular formula is C23H38O10S12. The molecule has 22 heteroatoms. The Morgan fingerprint density at radius 1 is 0.622 bits per heavy atom. The lowest BCUT2D eigenvalue weighted by Gasteiger charge is -2.47. The summed E-state index contributed by atoms with van der Waals surface area (Å²) in [5.41, 5.74) is -3.25. The number of esters is 1. The molecule has 3 N–H and O–H groups in total. The maximum atomic E-state index is 12.5. The molecule has 0 bridgehead atoms. The van der Waals surface area contributed by atoms with Crippen molar-refractivity contribution in [2.24, 2.45) is 5.41 Å². The molecule has 0 aliphatic heterocycles. The standard InChI is InChI=1S/C23H38O10S12/c1-12(2)28-18(34)39-38-17(32-16(27)9-24)22(10-25,11-26)23(43-40-19(35)29-13(3)4,44-41-20(36)30-14(5)6)33-45-42-21(37)31-15(7)8/h12-15,17,24-26H,9-11H2,1-8H3. The predicted octanol–water partition coefficient (Wildman–Crippen LogP) is 7.77. The Morgan fingerprint density at radius 2 is 1.00 bits per heavy atom. The van der Waals surface area contributed by atoms with Gasteiger partial charge in [-0.15, -0.1) is 0 Å². The SMILES string of the molecule is CC(C)OC(=S)SSOC(SSC(=S)OC(C)C)(SSC(=S)OC(C)C)C(CO)(CO)C(OC(=O)CO)SSC(=S)OC(C)C. The summed E-state index contributed by atoms with van der Waals surface area (Å²) in [6.45, 7) is 11.9. The van der Waals surface area contributed by atoms with Crippen LogP contribution < -0.4 is 0 Å². The first-order valence-corrected chi connectivity index (χ1v) is 23.1. The van der Waals surface area contributed by atoms with Crippen LogP contribution in [0.2, 0.25) is 0 Å². The number of aliphatic hydroxyl groups is 3. The van der Waals surface area contributed by atoms with Crippen LogP contribution in [0.25, 0.3) is 0 Å². The molecule has 0 saturated heterocycles. The zero-order chi connectivity index (χ0) is 34.8. The molecule has 0 aliphatic carbocycles. The predicted molar refractivity (Wildman–Crippen MR) is 213 cm³/mol. The topological polar surface area (TPSA) is 133 Å². The Labute approximate surface area is 318 Å². The molecule has 0 rings (SSSR count). The van der Waals surface area contributed by atoms with Gasteiger partial charge in [-0.05, 0) is 169 Å². The number of aliphatic hydroxyl groups excluding tert-OH is 3. The molecule has 0 spiro atoms. The van der Waals surface area contributed by atoms with Crippen molar-refractivity contribution < 1.29 is 48.0 Å². The number of hydrogen-bond donors (Lipinski definition) is 3. The van der Waals surface area contributed by atoms with Gasteiger partial charge < -0.3 is 39.0 Å². The first-order valence-electron chi connectivity index (χ1n) is 12.9. The lowest BCUT2D eigenvalue weighted by atomic mass is 9.91. The van der Waals surface area contributed by atoms with Gasteiger partial charge >= 0.3 is 5.97 Å². The van der Waals surface area contributed by atoms with Crippen molar-refractivity contribution in [3.05, 3.63) is 0 Å². The Morgan fingerprint density at radius 3 is 1.36 bits per heavy atom. The second-order valence-corrected chi connectivity index (χ2v) is 20.7. The highest BCUT2D eigenvalue weighted by Gasteiger charge is 2.62. The summed E-state index contributed by atoms with van der Waals surface area (Å²) in [6, 6.07) is 0. The van der Waals surface area contributed by atoms with E-state index in [1.165, 1.54) is 0 Å². The van der Waals surface area contributed by atoms with Crippen LogP contribution in [0.4, 0.5) is 0 Å². The quantitative estimate of drug-likeness (QED) is 0.0384. The molecule has 0 radical (unpaired) electrons. The van der Waals surface area contributed by atoms with Gasteiger partial charge in [0.15, 0.2) is 5.44 Å². The summed E-state index contributed by atoms with van der Waals surface area (Å²) in [7, 11) is 6.78. The maximum absolute atomic E-state index is 12.5. The van der Waals surface area contributed by atoms with E-state index in [1.807, 2.05) is 41.5 Å². The third kappa shape index (κ3) is 18.5. The summed E-state index contributed by atoms with van der Waals surface area (Å²) < 4.78 is 33.3. The van der Waals surface area contributed by atoms with E-state index >= 15 is 0 Å². The minimum absolute atomic E-state index is 0.111. The first kappa shape index (κ1) is 46.7. The van der Waals surface area contributed by atoms with Crippen LogP contribution in [0.3, 0.4) is 0 Å². The zero-order valence-electron chi connectivity index (χ0n) is 25.6. The molecule has 0 aromatic heterocycles. The van der Waals surface area contributed by atoms with Gasteiger partial charge in [-0.25, -0.2) is 4.79 Å². The molecule has 45 heavy (non-hydrogen) atoms. The summed E-state index contributed by atoms with van der Waals surface area (Å²) >= 11 is 22.3. The number of hydrogen-bond acceptors (Lipinski definition) is 22. The lowest BCUT2D eigenvalue weighted by Crippen LogP contribution is -2.56. The molecule has 0 aliphatic rings. The molecule has 0 amide bonds. The van der Waals surface area contributed by atoms with Crippen LogP contribution in [0, 0.1) is 5.41 Å². The van der Waals surface area contributed by atoms with Gasteiger partial charge in [0, 0.05) is 10.8 Å². The van der Waals surface area contributed by atoms with E-state index in [-0.39, 0.29) is 41.9 Å². The van der Waals surface area contributed by atoms with Crippen LogP contribution in [0.5, 0.6) is 0 Å². The van der Waals surface area contributed by atoms with E-state index in [9.17, 15) is 20.1 Å². The average Bonchev–Trinajstić information content (AvgIpc) is 2.92. The fourth-order valence-electron chi connectivity index (χ4n) is 2.41. The van der Waals surface area contributed by atoms with Crippen LogP contribution >= 0.6 is 136 Å². The third-order valence-electron chi connectivity index (χ3n) is 4.21. The van der Waals surface area contributed by atoms with Crippen LogP contribution in [0.15, 0.2) is 0 Å². The van der Waals surface area contributed by atoms with Crippen molar-refractivity contribution in [2.45, 2.75) is 89.5 Å². The second kappa shape index (κ2) is 24.8. The number of carbonyl (C=O) groups is 1. The number of rotatable bonds is 19. The van der Waals surface area contributed by atoms with E-state index in [1.54, 1.807) is 13.8 Å². The minimum Gasteiger partial charge on any atom is -0.475 e. The van der Waals surface area contributed by atoms with Gasteiger partial charge in [0.2, 0.25) is 21.8 Å². The highest BCUT2D eigenvalue weighted by Crippen LogP contribution is 2.65. The van der Waals surface area contributed by atoms with Crippen LogP contribution in [0.1, 0.15) is 55.4 Å². The Bertz CT molecular complexity index is 924. The number of thiocarbonyl (C=S) groups is 4. The Balaban J connectivity index is 7.08. The van der Waals surface area contributed by atoms with E-state index < -0.39 is 40.9 Å². The van der Waals surface area contributed by atoms with Crippen molar-refractivity contribution in [2.75, 3.05) is 19.8 Å². The molecule has 1 unspecified atom stereocenters. The summed E-state index contributed by atoms with van der Waals surface area (Å²) in [4.78, 5) is 12.5. The van der Waals surface area contributed by atoms with Crippen molar-refractivity contribution in [1.82, 2.24) is 0 Å². The zero-order valence-corrected chi connectivity index (χ0v) is 35.4. The third-order valence-corrected chi connectivity index (χ3v) is 16.9. The summed E-state index contributed by atoms with van der Waals surface area (Å²) in [6.07, 6.45) is -0.904.